The van der Waals surface area contributed by atoms with Crippen LogP contribution in [0.5, 0.6) is 5.75 Å². The van der Waals surface area contributed by atoms with Crippen molar-refractivity contribution in [3.05, 3.63) is 28.8 Å². The van der Waals surface area contributed by atoms with Gasteiger partial charge in [-0.3, -0.25) is 9.69 Å². The highest BCUT2D eigenvalue weighted by Crippen LogP contribution is 2.25. The summed E-state index contributed by atoms with van der Waals surface area (Å²) in [6.07, 6.45) is 2.36. The van der Waals surface area contributed by atoms with Crippen molar-refractivity contribution < 1.29 is 9.53 Å². The Balaban J connectivity index is 1.48. The number of rotatable bonds is 5. The highest BCUT2D eigenvalue weighted by atomic mass is 35.5. The third-order valence-electron chi connectivity index (χ3n) is 5.03. The minimum atomic E-state index is 0.250. The van der Waals surface area contributed by atoms with Crippen LogP contribution < -0.4 is 10.1 Å². The third-order valence-corrected chi connectivity index (χ3v) is 5.32. The summed E-state index contributed by atoms with van der Waals surface area (Å²) in [5, 5.41) is 3.98. The fourth-order valence-corrected chi connectivity index (χ4v) is 3.87. The number of ether oxygens (including phenoxy) is 1. The lowest BCUT2D eigenvalue weighted by molar-refractivity contribution is -0.130. The minimum Gasteiger partial charge on any atom is -0.495 e. The van der Waals surface area contributed by atoms with Crippen molar-refractivity contribution >= 4 is 17.5 Å². The summed E-state index contributed by atoms with van der Waals surface area (Å²) < 4.78 is 5.16. The molecule has 2 aliphatic heterocycles. The second-order valence-corrected chi connectivity index (χ2v) is 6.94. The first kappa shape index (κ1) is 17.5. The Labute approximate surface area is 148 Å². The topological polar surface area (TPSA) is 44.8 Å². The summed E-state index contributed by atoms with van der Waals surface area (Å²) in [4.78, 5) is 17.0. The van der Waals surface area contributed by atoms with E-state index in [1.807, 2.05) is 23.1 Å². The summed E-state index contributed by atoms with van der Waals surface area (Å²) >= 11 is 6.15. The van der Waals surface area contributed by atoms with Gasteiger partial charge in [-0.1, -0.05) is 17.7 Å². The number of halogens is 1. The zero-order valence-electron chi connectivity index (χ0n) is 14.3. The fraction of sp³-hybridized carbons (Fsp3) is 0.611. The van der Waals surface area contributed by atoms with Crippen LogP contribution in [0.3, 0.4) is 0 Å². The molecule has 1 atom stereocenters. The molecule has 0 radical (unpaired) electrons. The number of amides is 1. The second-order valence-electron chi connectivity index (χ2n) is 6.54. The Hall–Kier alpha value is -1.30. The molecule has 2 heterocycles. The lowest BCUT2D eigenvalue weighted by Crippen LogP contribution is -2.49. The van der Waals surface area contributed by atoms with Crippen molar-refractivity contribution in [2.24, 2.45) is 0 Å². The SMILES string of the molecule is COc1ccc(CCC(=O)N2CCC(N3CCNCC3)C2)cc1Cl. The molecule has 1 aromatic carbocycles. The largest absolute Gasteiger partial charge is 0.495 e. The predicted molar refractivity (Wildman–Crippen MR) is 95.8 cm³/mol. The molecular formula is C18H26ClN3O2. The molecule has 1 unspecified atom stereocenters. The molecule has 2 saturated heterocycles. The normalized spacial score (nSPS) is 21.9. The van der Waals surface area contributed by atoms with Gasteiger partial charge in [0.05, 0.1) is 12.1 Å². The second kappa shape index (κ2) is 8.19. The van der Waals surface area contributed by atoms with Gasteiger partial charge in [-0.2, -0.15) is 0 Å². The van der Waals surface area contributed by atoms with Crippen molar-refractivity contribution in [1.82, 2.24) is 15.1 Å². The number of hydrogen-bond donors (Lipinski definition) is 1. The zero-order valence-corrected chi connectivity index (χ0v) is 15.0. The predicted octanol–water partition coefficient (Wildman–Crippen LogP) is 1.79. The van der Waals surface area contributed by atoms with Crippen LogP contribution in [-0.2, 0) is 11.2 Å². The van der Waals surface area contributed by atoms with E-state index < -0.39 is 0 Å². The number of aryl methyl sites for hydroxylation is 1. The van der Waals surface area contributed by atoms with E-state index in [0.717, 1.165) is 57.7 Å². The number of nitrogens with one attached hydrogen (secondary N) is 1. The molecule has 0 bridgehead atoms. The first-order chi connectivity index (χ1) is 11.7. The molecule has 5 nitrogen and oxygen atoms in total. The van der Waals surface area contributed by atoms with Gasteiger partial charge in [0.2, 0.25) is 5.91 Å². The van der Waals surface area contributed by atoms with Gasteiger partial charge in [0, 0.05) is 51.7 Å². The molecule has 1 aromatic rings. The van der Waals surface area contributed by atoms with E-state index in [4.69, 9.17) is 16.3 Å². The van der Waals surface area contributed by atoms with Crippen LogP contribution >= 0.6 is 11.6 Å². The van der Waals surface area contributed by atoms with Crippen LogP contribution in [0.1, 0.15) is 18.4 Å². The van der Waals surface area contributed by atoms with Crippen molar-refractivity contribution in [2.45, 2.75) is 25.3 Å². The molecule has 1 N–H and O–H groups in total. The highest BCUT2D eigenvalue weighted by molar-refractivity contribution is 6.32. The van der Waals surface area contributed by atoms with Crippen molar-refractivity contribution in [3.8, 4) is 5.75 Å². The Morgan fingerprint density at radius 1 is 1.33 bits per heavy atom. The highest BCUT2D eigenvalue weighted by Gasteiger charge is 2.30. The third kappa shape index (κ3) is 4.21. The van der Waals surface area contributed by atoms with Gasteiger partial charge in [0.1, 0.15) is 5.75 Å². The number of methoxy groups -OCH3 is 1. The average molecular weight is 352 g/mol. The molecule has 2 aliphatic rings. The molecule has 0 aliphatic carbocycles. The van der Waals surface area contributed by atoms with Crippen LogP contribution in [0.25, 0.3) is 0 Å². The number of benzene rings is 1. The molecular weight excluding hydrogens is 326 g/mol. The van der Waals surface area contributed by atoms with Crippen molar-refractivity contribution in [3.63, 3.8) is 0 Å². The van der Waals surface area contributed by atoms with E-state index in [1.54, 1.807) is 7.11 Å². The molecule has 0 saturated carbocycles. The standard InChI is InChI=1S/C18H26ClN3O2/c1-24-17-4-2-14(12-16(17)19)3-5-18(23)22-9-6-15(13-22)21-10-7-20-8-11-21/h2,4,12,15,20H,3,5-11,13H2,1H3. The van der Waals surface area contributed by atoms with Crippen molar-refractivity contribution in [1.29, 1.82) is 0 Å². The smallest absolute Gasteiger partial charge is 0.222 e. The van der Waals surface area contributed by atoms with Gasteiger partial charge < -0.3 is 15.0 Å². The van der Waals surface area contributed by atoms with E-state index >= 15 is 0 Å². The van der Waals surface area contributed by atoms with Gasteiger partial charge in [0.15, 0.2) is 0 Å². The number of carbonyl (C=O) groups excluding carboxylic acids is 1. The van der Waals surface area contributed by atoms with Crippen LogP contribution in [0.4, 0.5) is 0 Å². The summed E-state index contributed by atoms with van der Waals surface area (Å²) in [5.41, 5.74) is 1.08. The molecule has 0 spiro atoms. The van der Waals surface area contributed by atoms with E-state index in [1.165, 1.54) is 0 Å². The monoisotopic (exact) mass is 351 g/mol. The van der Waals surface area contributed by atoms with Gasteiger partial charge in [-0.05, 0) is 30.5 Å². The summed E-state index contributed by atoms with van der Waals surface area (Å²) in [7, 11) is 1.60. The molecule has 132 valence electrons. The van der Waals surface area contributed by atoms with Crippen LogP contribution in [0.2, 0.25) is 5.02 Å². The van der Waals surface area contributed by atoms with Gasteiger partial charge in [0.25, 0.3) is 0 Å². The number of nitrogens with zero attached hydrogens (tertiary/aromatic N) is 2. The molecule has 24 heavy (non-hydrogen) atoms. The average Bonchev–Trinajstić information content (AvgIpc) is 3.11. The number of carbonyl (C=O) groups is 1. The van der Waals surface area contributed by atoms with E-state index in [2.05, 4.69) is 10.2 Å². The molecule has 6 heteroatoms. The van der Waals surface area contributed by atoms with Crippen LogP contribution in [0.15, 0.2) is 18.2 Å². The maximum atomic E-state index is 12.5. The summed E-state index contributed by atoms with van der Waals surface area (Å²) in [5.74, 6) is 0.921. The fourth-order valence-electron chi connectivity index (χ4n) is 3.59. The van der Waals surface area contributed by atoms with Crippen molar-refractivity contribution in [2.75, 3.05) is 46.4 Å². The summed E-state index contributed by atoms with van der Waals surface area (Å²) in [6.45, 7) is 6.07. The van der Waals surface area contributed by atoms with Gasteiger partial charge >= 0.3 is 0 Å². The number of likely N-dealkylation sites (tertiary alicyclic amines) is 1. The zero-order chi connectivity index (χ0) is 16.9. The first-order valence-electron chi connectivity index (χ1n) is 8.72. The first-order valence-corrected chi connectivity index (χ1v) is 9.10. The van der Waals surface area contributed by atoms with Gasteiger partial charge in [-0.25, -0.2) is 0 Å². The summed E-state index contributed by atoms with van der Waals surface area (Å²) in [6, 6.07) is 6.26. The van der Waals surface area contributed by atoms with E-state index in [9.17, 15) is 4.79 Å². The van der Waals surface area contributed by atoms with Gasteiger partial charge in [-0.15, -0.1) is 0 Å². The Kier molecular flexibility index (Phi) is 5.98. The maximum absolute atomic E-state index is 12.5. The quantitative estimate of drug-likeness (QED) is 0.878. The molecule has 1 amide bonds. The Bertz CT molecular complexity index is 575. The van der Waals surface area contributed by atoms with Crippen LogP contribution in [-0.4, -0.2) is 68.1 Å². The minimum absolute atomic E-state index is 0.250. The Morgan fingerprint density at radius 3 is 2.83 bits per heavy atom. The molecule has 2 fully saturated rings. The molecule has 0 aromatic heterocycles. The lowest BCUT2D eigenvalue weighted by Gasteiger charge is -2.32. The van der Waals surface area contributed by atoms with E-state index in [0.29, 0.717) is 23.2 Å². The maximum Gasteiger partial charge on any atom is 0.222 e. The van der Waals surface area contributed by atoms with Crippen LogP contribution in [0, 0.1) is 0 Å². The van der Waals surface area contributed by atoms with E-state index in [-0.39, 0.29) is 5.91 Å². The number of hydrogen-bond acceptors (Lipinski definition) is 4. The Morgan fingerprint density at radius 2 is 2.12 bits per heavy atom. The number of piperazine rings is 1. The lowest BCUT2D eigenvalue weighted by atomic mass is 10.1. The molecule has 3 rings (SSSR count).